The molecule has 0 aliphatic heterocycles. The molecule has 2 aromatic heterocycles. The van der Waals surface area contributed by atoms with Crippen LogP contribution >= 0.6 is 0 Å². The topological polar surface area (TPSA) is 50.9 Å². The van der Waals surface area contributed by atoms with Crippen LogP contribution in [0, 0.1) is 0 Å². The minimum atomic E-state index is 0.248. The number of nitrogens with zero attached hydrogens (tertiary/aromatic N) is 3. The second-order valence-corrected chi connectivity index (χ2v) is 3.51. The molecule has 3 rings (SSSR count). The number of benzene rings is 1. The molecule has 3 aromatic rings. The van der Waals surface area contributed by atoms with Crippen molar-refractivity contribution in [2.75, 3.05) is 0 Å². The second-order valence-electron chi connectivity index (χ2n) is 3.51. The molecule has 0 atom stereocenters. The van der Waals surface area contributed by atoms with Gasteiger partial charge in [0.25, 0.3) is 0 Å². The Kier molecular flexibility index (Phi) is 1.86. The van der Waals surface area contributed by atoms with Crippen LogP contribution in [-0.2, 0) is 0 Å². The van der Waals surface area contributed by atoms with Gasteiger partial charge < -0.3 is 5.11 Å². The molecule has 16 heavy (non-hydrogen) atoms. The minimum absolute atomic E-state index is 0.248. The molecule has 1 N–H and O–H groups in total. The predicted octanol–water partition coefficient (Wildman–Crippen LogP) is 2.13. The lowest BCUT2D eigenvalue weighted by atomic mass is 10.2. The van der Waals surface area contributed by atoms with Crippen molar-refractivity contribution in [1.82, 2.24) is 14.8 Å². The van der Waals surface area contributed by atoms with Crippen LogP contribution in [0.1, 0.15) is 0 Å². The van der Waals surface area contributed by atoms with E-state index in [4.69, 9.17) is 0 Å². The molecule has 0 spiro atoms. The van der Waals surface area contributed by atoms with Crippen molar-refractivity contribution in [2.45, 2.75) is 0 Å². The van der Waals surface area contributed by atoms with Crippen LogP contribution in [0.4, 0.5) is 0 Å². The van der Waals surface area contributed by atoms with Crippen molar-refractivity contribution in [2.24, 2.45) is 0 Å². The summed E-state index contributed by atoms with van der Waals surface area (Å²) in [6.45, 7) is 0. The van der Waals surface area contributed by atoms with Gasteiger partial charge in [-0.3, -0.25) is 4.98 Å². The van der Waals surface area contributed by atoms with Gasteiger partial charge in [0.1, 0.15) is 5.75 Å². The molecule has 4 nitrogen and oxygen atoms in total. The first-order valence-electron chi connectivity index (χ1n) is 4.92. The third-order valence-corrected chi connectivity index (χ3v) is 2.44. The lowest BCUT2D eigenvalue weighted by molar-refractivity contribution is 0.476. The van der Waals surface area contributed by atoms with Gasteiger partial charge in [0.05, 0.1) is 23.6 Å². The van der Waals surface area contributed by atoms with Gasteiger partial charge in [-0.05, 0) is 30.3 Å². The largest absolute Gasteiger partial charge is 0.508 e. The third kappa shape index (κ3) is 1.32. The van der Waals surface area contributed by atoms with E-state index in [-0.39, 0.29) is 5.75 Å². The maximum absolute atomic E-state index is 9.36. The zero-order valence-corrected chi connectivity index (χ0v) is 8.41. The molecule has 0 bridgehead atoms. The number of pyridine rings is 1. The van der Waals surface area contributed by atoms with E-state index >= 15 is 0 Å². The van der Waals surface area contributed by atoms with Crippen LogP contribution in [0.5, 0.6) is 5.75 Å². The monoisotopic (exact) mass is 211 g/mol. The highest BCUT2D eigenvalue weighted by atomic mass is 16.3. The Bertz CT molecular complexity index is 631. The summed E-state index contributed by atoms with van der Waals surface area (Å²) in [7, 11) is 0. The minimum Gasteiger partial charge on any atom is -0.508 e. The van der Waals surface area contributed by atoms with E-state index < -0.39 is 0 Å². The molecular weight excluding hydrogens is 202 g/mol. The molecule has 1 aromatic carbocycles. The van der Waals surface area contributed by atoms with Crippen molar-refractivity contribution in [3.63, 3.8) is 0 Å². The molecule has 0 unspecified atom stereocenters. The van der Waals surface area contributed by atoms with E-state index in [1.54, 1.807) is 35.4 Å². The van der Waals surface area contributed by atoms with Crippen molar-refractivity contribution in [3.05, 3.63) is 48.9 Å². The Labute approximate surface area is 91.8 Å². The van der Waals surface area contributed by atoms with Gasteiger partial charge in [-0.25, -0.2) is 4.68 Å². The number of hydrogen-bond acceptors (Lipinski definition) is 3. The first-order chi connectivity index (χ1) is 7.84. The van der Waals surface area contributed by atoms with Crippen LogP contribution < -0.4 is 0 Å². The molecule has 0 fully saturated rings. The Morgan fingerprint density at radius 3 is 2.88 bits per heavy atom. The number of hydrogen-bond donors (Lipinski definition) is 1. The Morgan fingerprint density at radius 2 is 2.06 bits per heavy atom. The molecule has 0 saturated heterocycles. The van der Waals surface area contributed by atoms with E-state index in [1.165, 1.54) is 0 Å². The molecule has 0 saturated carbocycles. The fourth-order valence-electron chi connectivity index (χ4n) is 1.71. The van der Waals surface area contributed by atoms with Crippen LogP contribution in [-0.4, -0.2) is 19.9 Å². The Hall–Kier alpha value is -2.36. The molecule has 4 heteroatoms. The zero-order valence-electron chi connectivity index (χ0n) is 8.41. The van der Waals surface area contributed by atoms with Gasteiger partial charge in [0.2, 0.25) is 0 Å². The standard InChI is InChI=1S/C12H9N3O/c16-11-3-4-12-9(6-11)7-14-15(12)10-2-1-5-13-8-10/h1-8,16H. The van der Waals surface area contributed by atoms with Gasteiger partial charge in [0, 0.05) is 11.6 Å². The highest BCUT2D eigenvalue weighted by molar-refractivity contribution is 5.81. The number of phenolic OH excluding ortho intramolecular Hbond substituents is 1. The molecule has 2 heterocycles. The number of aromatic hydroxyl groups is 1. The number of rotatable bonds is 1. The number of fused-ring (bicyclic) bond motifs is 1. The summed E-state index contributed by atoms with van der Waals surface area (Å²) in [5.74, 6) is 0.248. The van der Waals surface area contributed by atoms with E-state index in [0.717, 1.165) is 16.6 Å². The summed E-state index contributed by atoms with van der Waals surface area (Å²) < 4.78 is 1.79. The average molecular weight is 211 g/mol. The maximum Gasteiger partial charge on any atom is 0.116 e. The first kappa shape index (κ1) is 8.91. The summed E-state index contributed by atoms with van der Waals surface area (Å²) in [5, 5.41) is 14.5. The summed E-state index contributed by atoms with van der Waals surface area (Å²) >= 11 is 0. The Balaban J connectivity index is 2.26. The summed E-state index contributed by atoms with van der Waals surface area (Å²) in [5.41, 5.74) is 1.86. The van der Waals surface area contributed by atoms with Crippen LogP contribution in [0.25, 0.3) is 16.6 Å². The molecule has 0 amide bonds. The first-order valence-corrected chi connectivity index (χ1v) is 4.92. The van der Waals surface area contributed by atoms with E-state index in [0.29, 0.717) is 0 Å². The fourth-order valence-corrected chi connectivity index (χ4v) is 1.71. The average Bonchev–Trinajstić information content (AvgIpc) is 2.73. The summed E-state index contributed by atoms with van der Waals surface area (Å²) in [4.78, 5) is 4.05. The van der Waals surface area contributed by atoms with E-state index in [9.17, 15) is 5.11 Å². The molecule has 0 radical (unpaired) electrons. The lowest BCUT2D eigenvalue weighted by Gasteiger charge is -2.01. The van der Waals surface area contributed by atoms with Crippen LogP contribution in [0.15, 0.2) is 48.9 Å². The Morgan fingerprint density at radius 1 is 1.12 bits per heavy atom. The fraction of sp³-hybridized carbons (Fsp3) is 0. The normalized spacial score (nSPS) is 10.8. The number of aromatic nitrogens is 3. The van der Waals surface area contributed by atoms with E-state index in [1.807, 2.05) is 18.2 Å². The van der Waals surface area contributed by atoms with Crippen LogP contribution in [0.2, 0.25) is 0 Å². The summed E-state index contributed by atoms with van der Waals surface area (Å²) in [6.07, 6.45) is 5.20. The van der Waals surface area contributed by atoms with Crippen molar-refractivity contribution < 1.29 is 5.11 Å². The SMILES string of the molecule is Oc1ccc2c(cnn2-c2cccnc2)c1. The van der Waals surface area contributed by atoms with Gasteiger partial charge in [-0.2, -0.15) is 5.10 Å². The summed E-state index contributed by atoms with van der Waals surface area (Å²) in [6, 6.07) is 8.98. The van der Waals surface area contributed by atoms with E-state index in [2.05, 4.69) is 10.1 Å². The number of phenols is 1. The van der Waals surface area contributed by atoms with Crippen molar-refractivity contribution >= 4 is 10.9 Å². The van der Waals surface area contributed by atoms with Gasteiger partial charge in [0.15, 0.2) is 0 Å². The molecule has 78 valence electrons. The van der Waals surface area contributed by atoms with Gasteiger partial charge in [-0.15, -0.1) is 0 Å². The third-order valence-electron chi connectivity index (χ3n) is 2.44. The lowest BCUT2D eigenvalue weighted by Crippen LogP contribution is -1.95. The zero-order chi connectivity index (χ0) is 11.0. The van der Waals surface area contributed by atoms with Gasteiger partial charge in [-0.1, -0.05) is 0 Å². The quantitative estimate of drug-likeness (QED) is 0.670. The molecular formula is C12H9N3O. The predicted molar refractivity (Wildman–Crippen MR) is 60.5 cm³/mol. The second kappa shape index (κ2) is 3.34. The highest BCUT2D eigenvalue weighted by Crippen LogP contribution is 2.21. The smallest absolute Gasteiger partial charge is 0.116 e. The van der Waals surface area contributed by atoms with Crippen LogP contribution in [0.3, 0.4) is 0 Å². The maximum atomic E-state index is 9.36. The molecule has 0 aliphatic carbocycles. The van der Waals surface area contributed by atoms with Crippen molar-refractivity contribution in [1.29, 1.82) is 0 Å². The highest BCUT2D eigenvalue weighted by Gasteiger charge is 2.04. The van der Waals surface area contributed by atoms with Gasteiger partial charge >= 0.3 is 0 Å². The van der Waals surface area contributed by atoms with Crippen molar-refractivity contribution in [3.8, 4) is 11.4 Å². The molecule has 0 aliphatic rings.